The predicted molar refractivity (Wildman–Crippen MR) is 56.6 cm³/mol. The van der Waals surface area contributed by atoms with E-state index in [0.29, 0.717) is 0 Å². The van der Waals surface area contributed by atoms with Gasteiger partial charge in [-0.2, -0.15) is 0 Å². The fourth-order valence-corrected chi connectivity index (χ4v) is 1.95. The number of carbonyl (C=O) groups is 1. The molecule has 1 aliphatic rings. The average molecular weight is 238 g/mol. The predicted octanol–water partition coefficient (Wildman–Crippen LogP) is 2.24. The van der Waals surface area contributed by atoms with Crippen LogP contribution in [0.1, 0.15) is 19.8 Å². The van der Waals surface area contributed by atoms with Crippen LogP contribution in [0.4, 0.5) is 0 Å². The van der Waals surface area contributed by atoms with Crippen molar-refractivity contribution >= 4 is 29.2 Å². The smallest absolute Gasteiger partial charge is 0.348 e. The molecule has 1 rings (SSSR count). The number of halogens is 2. The lowest BCUT2D eigenvalue weighted by molar-refractivity contribution is -0.131. The van der Waals surface area contributed by atoms with E-state index in [0.717, 1.165) is 25.9 Å². The number of hydrogen-bond acceptors (Lipinski definition) is 2. The van der Waals surface area contributed by atoms with Gasteiger partial charge in [-0.25, -0.2) is 4.79 Å². The van der Waals surface area contributed by atoms with Crippen LogP contribution in [-0.4, -0.2) is 35.1 Å². The summed E-state index contributed by atoms with van der Waals surface area (Å²) in [5, 5.41) is 8.60. The average Bonchev–Trinajstić information content (AvgIpc) is 2.67. The van der Waals surface area contributed by atoms with E-state index in [2.05, 4.69) is 4.90 Å². The minimum atomic E-state index is -1.16. The lowest BCUT2D eigenvalue weighted by Crippen LogP contribution is -2.31. The number of hydrogen-bond donors (Lipinski definition) is 1. The maximum absolute atomic E-state index is 10.6. The highest BCUT2D eigenvalue weighted by atomic mass is 35.5. The number of aliphatic carboxylic acids is 1. The van der Waals surface area contributed by atoms with Gasteiger partial charge < -0.3 is 5.11 Å². The van der Waals surface area contributed by atoms with E-state index in [-0.39, 0.29) is 16.1 Å². The van der Waals surface area contributed by atoms with Gasteiger partial charge in [0.15, 0.2) is 0 Å². The molecule has 0 radical (unpaired) electrons. The third kappa shape index (κ3) is 2.62. The number of rotatable bonds is 3. The maximum Gasteiger partial charge on any atom is 0.348 e. The number of likely N-dealkylation sites (tertiary alicyclic amines) is 1. The highest BCUT2D eigenvalue weighted by molar-refractivity contribution is 6.47. The highest BCUT2D eigenvalue weighted by Gasteiger charge is 2.23. The van der Waals surface area contributed by atoms with Crippen LogP contribution in [0.2, 0.25) is 0 Å². The maximum atomic E-state index is 10.6. The van der Waals surface area contributed by atoms with E-state index >= 15 is 0 Å². The SMILES string of the molecule is CC(C(Cl)=C(Cl)C(=O)O)N1CCCC1. The van der Waals surface area contributed by atoms with Crippen LogP contribution >= 0.6 is 23.2 Å². The van der Waals surface area contributed by atoms with E-state index in [1.54, 1.807) is 0 Å². The third-order valence-corrected chi connectivity index (χ3v) is 3.42. The molecular formula is C9H13Cl2NO2. The summed E-state index contributed by atoms with van der Waals surface area (Å²) in [5.41, 5.74) is 0. The van der Waals surface area contributed by atoms with E-state index in [4.69, 9.17) is 28.3 Å². The first-order valence-corrected chi connectivity index (χ1v) is 5.32. The van der Waals surface area contributed by atoms with Crippen molar-refractivity contribution < 1.29 is 9.90 Å². The summed E-state index contributed by atoms with van der Waals surface area (Å²) in [5.74, 6) is -1.16. The number of nitrogens with zero attached hydrogens (tertiary/aromatic N) is 1. The molecule has 80 valence electrons. The van der Waals surface area contributed by atoms with Gasteiger partial charge in [0.1, 0.15) is 5.03 Å². The van der Waals surface area contributed by atoms with Gasteiger partial charge >= 0.3 is 5.97 Å². The molecule has 0 aromatic rings. The lowest BCUT2D eigenvalue weighted by atomic mass is 10.2. The fourth-order valence-electron chi connectivity index (χ4n) is 1.57. The molecule has 5 heteroatoms. The highest BCUT2D eigenvalue weighted by Crippen LogP contribution is 2.24. The minimum Gasteiger partial charge on any atom is -0.477 e. The normalized spacial score (nSPS) is 21.9. The van der Waals surface area contributed by atoms with Crippen LogP contribution in [0.5, 0.6) is 0 Å². The van der Waals surface area contributed by atoms with Gasteiger partial charge in [-0.1, -0.05) is 23.2 Å². The Labute approximate surface area is 93.3 Å². The topological polar surface area (TPSA) is 40.5 Å². The van der Waals surface area contributed by atoms with E-state index in [1.165, 1.54) is 0 Å². The van der Waals surface area contributed by atoms with Crippen molar-refractivity contribution in [2.24, 2.45) is 0 Å². The van der Waals surface area contributed by atoms with Crippen LogP contribution in [0.3, 0.4) is 0 Å². The molecule has 1 N–H and O–H groups in total. The van der Waals surface area contributed by atoms with Crippen molar-refractivity contribution in [3.63, 3.8) is 0 Å². The monoisotopic (exact) mass is 237 g/mol. The Morgan fingerprint density at radius 2 is 1.86 bits per heavy atom. The molecule has 0 bridgehead atoms. The van der Waals surface area contributed by atoms with E-state index < -0.39 is 5.97 Å². The second kappa shape index (κ2) is 5.01. The fraction of sp³-hybridized carbons (Fsp3) is 0.667. The molecule has 1 heterocycles. The van der Waals surface area contributed by atoms with Crippen molar-refractivity contribution in [3.05, 3.63) is 10.1 Å². The van der Waals surface area contributed by atoms with Crippen LogP contribution in [-0.2, 0) is 4.79 Å². The zero-order valence-electron chi connectivity index (χ0n) is 7.96. The molecular weight excluding hydrogens is 225 g/mol. The number of carboxylic acids is 1. The van der Waals surface area contributed by atoms with E-state index in [1.807, 2.05) is 6.92 Å². The molecule has 1 atom stereocenters. The van der Waals surface area contributed by atoms with Gasteiger partial charge in [-0.15, -0.1) is 0 Å². The molecule has 0 spiro atoms. The zero-order valence-corrected chi connectivity index (χ0v) is 9.48. The van der Waals surface area contributed by atoms with Gasteiger partial charge in [0.2, 0.25) is 0 Å². The second-order valence-corrected chi connectivity index (χ2v) is 4.17. The van der Waals surface area contributed by atoms with Gasteiger partial charge in [-0.3, -0.25) is 4.90 Å². The Balaban J connectivity index is 2.72. The summed E-state index contributed by atoms with van der Waals surface area (Å²) in [6.07, 6.45) is 2.28. The Bertz CT molecular complexity index is 260. The zero-order chi connectivity index (χ0) is 10.7. The summed E-state index contributed by atoms with van der Waals surface area (Å²) in [6.45, 7) is 3.79. The minimum absolute atomic E-state index is 0.0947. The summed E-state index contributed by atoms with van der Waals surface area (Å²) in [6, 6.07) is -0.0947. The van der Waals surface area contributed by atoms with Gasteiger partial charge in [0.05, 0.1) is 5.03 Å². The third-order valence-electron chi connectivity index (χ3n) is 2.45. The summed E-state index contributed by atoms with van der Waals surface area (Å²) in [7, 11) is 0. The van der Waals surface area contributed by atoms with Crippen molar-refractivity contribution in [1.29, 1.82) is 0 Å². The van der Waals surface area contributed by atoms with Crippen molar-refractivity contribution in [1.82, 2.24) is 4.90 Å². The molecule has 0 saturated carbocycles. The Kier molecular flexibility index (Phi) is 4.23. The largest absolute Gasteiger partial charge is 0.477 e. The van der Waals surface area contributed by atoms with Crippen molar-refractivity contribution in [2.75, 3.05) is 13.1 Å². The molecule has 1 aliphatic heterocycles. The first kappa shape index (κ1) is 11.8. The summed E-state index contributed by atoms with van der Waals surface area (Å²) < 4.78 is 0. The Morgan fingerprint density at radius 1 is 1.36 bits per heavy atom. The molecule has 14 heavy (non-hydrogen) atoms. The van der Waals surface area contributed by atoms with Crippen molar-refractivity contribution in [2.45, 2.75) is 25.8 Å². The summed E-state index contributed by atoms with van der Waals surface area (Å²) >= 11 is 11.4. The van der Waals surface area contributed by atoms with Crippen LogP contribution in [0.15, 0.2) is 10.1 Å². The van der Waals surface area contributed by atoms with Crippen LogP contribution in [0.25, 0.3) is 0 Å². The molecule has 0 aromatic carbocycles. The Hall–Kier alpha value is -0.250. The molecule has 0 aliphatic carbocycles. The van der Waals surface area contributed by atoms with Crippen molar-refractivity contribution in [3.8, 4) is 0 Å². The first-order valence-electron chi connectivity index (χ1n) is 4.56. The first-order chi connectivity index (χ1) is 6.54. The summed E-state index contributed by atoms with van der Waals surface area (Å²) in [4.78, 5) is 12.7. The Morgan fingerprint density at radius 3 is 2.29 bits per heavy atom. The molecule has 0 aromatic heterocycles. The van der Waals surface area contributed by atoms with Crippen LogP contribution in [0, 0.1) is 0 Å². The molecule has 1 saturated heterocycles. The van der Waals surface area contributed by atoms with Crippen LogP contribution < -0.4 is 0 Å². The molecule has 0 amide bonds. The van der Waals surface area contributed by atoms with E-state index in [9.17, 15) is 4.79 Å². The van der Waals surface area contributed by atoms with Gasteiger partial charge in [-0.05, 0) is 32.9 Å². The quantitative estimate of drug-likeness (QED) is 0.766. The molecule has 3 nitrogen and oxygen atoms in total. The molecule has 1 unspecified atom stereocenters. The number of carboxylic acid groups (broad SMARTS) is 1. The molecule has 1 fully saturated rings. The standard InChI is InChI=1S/C9H13Cl2NO2/c1-6(12-4-2-3-5-12)7(10)8(11)9(13)14/h6H,2-5H2,1H3,(H,13,14). The second-order valence-electron chi connectivity index (χ2n) is 3.39. The van der Waals surface area contributed by atoms with Gasteiger partial charge in [0.25, 0.3) is 0 Å². The van der Waals surface area contributed by atoms with Gasteiger partial charge in [0, 0.05) is 6.04 Å². The lowest BCUT2D eigenvalue weighted by Gasteiger charge is -2.23.